The number of benzene rings is 2. The van der Waals surface area contributed by atoms with Crippen molar-refractivity contribution >= 4 is 32.8 Å². The lowest BCUT2D eigenvalue weighted by atomic mass is 10.1. The van der Waals surface area contributed by atoms with Crippen LogP contribution in [-0.2, 0) is 10.0 Å². The predicted molar refractivity (Wildman–Crippen MR) is 92.0 cm³/mol. The molecule has 0 saturated carbocycles. The van der Waals surface area contributed by atoms with E-state index in [-0.39, 0.29) is 21.9 Å². The lowest BCUT2D eigenvalue weighted by Crippen LogP contribution is -2.36. The molecule has 0 bridgehead atoms. The van der Waals surface area contributed by atoms with Gasteiger partial charge in [-0.25, -0.2) is 8.42 Å². The van der Waals surface area contributed by atoms with E-state index in [0.29, 0.717) is 0 Å². The molecule has 1 aliphatic heterocycles. The number of aromatic amines is 1. The fraction of sp³-hybridized carbons (Fsp3) is 0.0556. The summed E-state index contributed by atoms with van der Waals surface area (Å²) in [7, 11) is -2.32. The molecule has 6 heteroatoms. The topological polar surface area (TPSA) is 70.2 Å². The van der Waals surface area contributed by atoms with Crippen LogP contribution in [0.15, 0.2) is 65.3 Å². The van der Waals surface area contributed by atoms with E-state index >= 15 is 0 Å². The molecule has 120 valence electrons. The number of fused-ring (bicyclic) bond motifs is 2. The van der Waals surface area contributed by atoms with E-state index in [0.717, 1.165) is 20.8 Å². The molecule has 5 nitrogen and oxygen atoms in total. The van der Waals surface area contributed by atoms with Crippen LogP contribution >= 0.6 is 0 Å². The molecule has 0 atom stereocenters. The SMILES string of the molecule is CN1C(=Cc2c[nH]c3ccccc23)C(=O)c2ccccc2S1(=O)=O. The van der Waals surface area contributed by atoms with E-state index in [1.165, 1.54) is 13.1 Å². The molecule has 0 unspecified atom stereocenters. The Morgan fingerprint density at radius 3 is 2.58 bits per heavy atom. The minimum Gasteiger partial charge on any atom is -0.361 e. The maximum atomic E-state index is 12.8. The van der Waals surface area contributed by atoms with Gasteiger partial charge >= 0.3 is 0 Å². The zero-order valence-corrected chi connectivity index (χ0v) is 13.7. The van der Waals surface area contributed by atoms with Crippen molar-refractivity contribution in [1.82, 2.24) is 9.29 Å². The van der Waals surface area contributed by atoms with Crippen molar-refractivity contribution in [3.63, 3.8) is 0 Å². The van der Waals surface area contributed by atoms with E-state index in [1.54, 1.807) is 30.5 Å². The van der Waals surface area contributed by atoms with Crippen molar-refractivity contribution in [2.45, 2.75) is 4.90 Å². The molecule has 1 aromatic heterocycles. The van der Waals surface area contributed by atoms with Gasteiger partial charge in [0.05, 0.1) is 4.90 Å². The summed E-state index contributed by atoms with van der Waals surface area (Å²) in [6.07, 6.45) is 3.39. The first-order chi connectivity index (χ1) is 11.5. The second-order valence-electron chi connectivity index (χ2n) is 5.62. The van der Waals surface area contributed by atoms with E-state index in [2.05, 4.69) is 4.98 Å². The third kappa shape index (κ3) is 2.00. The Morgan fingerprint density at radius 1 is 1.04 bits per heavy atom. The number of nitrogens with one attached hydrogen (secondary N) is 1. The number of carbonyl (C=O) groups is 1. The van der Waals surface area contributed by atoms with Gasteiger partial charge in [-0.15, -0.1) is 0 Å². The zero-order valence-electron chi connectivity index (χ0n) is 12.9. The summed E-state index contributed by atoms with van der Waals surface area (Å²) in [5.74, 6) is -0.298. The van der Waals surface area contributed by atoms with Crippen LogP contribution in [-0.4, -0.2) is 30.5 Å². The molecule has 0 saturated heterocycles. The highest BCUT2D eigenvalue weighted by Gasteiger charge is 2.36. The number of para-hydroxylation sites is 1. The van der Waals surface area contributed by atoms with Gasteiger partial charge in [0, 0.05) is 35.3 Å². The Hall–Kier alpha value is -2.86. The van der Waals surface area contributed by atoms with E-state index < -0.39 is 10.0 Å². The average molecular weight is 338 g/mol. The van der Waals surface area contributed by atoms with Crippen molar-refractivity contribution in [2.75, 3.05) is 7.05 Å². The molecule has 2 heterocycles. The number of likely N-dealkylation sites (N-methyl/N-ethyl adjacent to an activating group) is 1. The molecule has 0 aliphatic carbocycles. The molecular formula is C18H14N2O3S. The first kappa shape index (κ1) is 14.7. The zero-order chi connectivity index (χ0) is 16.9. The van der Waals surface area contributed by atoms with Crippen molar-refractivity contribution in [2.24, 2.45) is 0 Å². The first-order valence-corrected chi connectivity index (χ1v) is 8.84. The van der Waals surface area contributed by atoms with Crippen LogP contribution in [0.1, 0.15) is 15.9 Å². The van der Waals surface area contributed by atoms with Gasteiger partial charge in [-0.3, -0.25) is 9.10 Å². The Labute approximate surface area is 139 Å². The van der Waals surface area contributed by atoms with E-state index in [9.17, 15) is 13.2 Å². The minimum atomic E-state index is -3.73. The Kier molecular flexibility index (Phi) is 3.11. The highest BCUT2D eigenvalue weighted by atomic mass is 32.2. The van der Waals surface area contributed by atoms with Crippen LogP contribution in [0.3, 0.4) is 0 Å². The average Bonchev–Trinajstić information content (AvgIpc) is 3.00. The number of nitrogens with zero attached hydrogens (tertiary/aromatic N) is 1. The van der Waals surface area contributed by atoms with Gasteiger partial charge in [0.2, 0.25) is 5.78 Å². The lowest BCUT2D eigenvalue weighted by molar-refractivity contribution is 0.101. The number of hydrogen-bond acceptors (Lipinski definition) is 3. The fourth-order valence-electron chi connectivity index (χ4n) is 2.95. The third-order valence-electron chi connectivity index (χ3n) is 4.26. The van der Waals surface area contributed by atoms with Crippen LogP contribution in [0.2, 0.25) is 0 Å². The maximum Gasteiger partial charge on any atom is 0.264 e. The molecule has 3 aromatic rings. The van der Waals surface area contributed by atoms with Crippen LogP contribution in [0, 0.1) is 0 Å². The summed E-state index contributed by atoms with van der Waals surface area (Å²) < 4.78 is 26.4. The van der Waals surface area contributed by atoms with Gasteiger partial charge < -0.3 is 4.98 Å². The molecule has 0 radical (unpaired) electrons. The summed E-state index contributed by atoms with van der Waals surface area (Å²) >= 11 is 0. The summed E-state index contributed by atoms with van der Waals surface area (Å²) in [6.45, 7) is 0. The van der Waals surface area contributed by atoms with E-state index in [1.807, 2.05) is 24.3 Å². The minimum absolute atomic E-state index is 0.0496. The fourth-order valence-corrected chi connectivity index (χ4v) is 4.33. The number of rotatable bonds is 1. The molecule has 1 N–H and O–H groups in total. The van der Waals surface area contributed by atoms with Gasteiger partial charge in [-0.2, -0.15) is 0 Å². The highest BCUT2D eigenvalue weighted by molar-refractivity contribution is 7.89. The smallest absolute Gasteiger partial charge is 0.264 e. The van der Waals surface area contributed by atoms with Crippen molar-refractivity contribution in [3.8, 4) is 0 Å². The van der Waals surface area contributed by atoms with Gasteiger partial charge in [0.15, 0.2) is 0 Å². The molecular weight excluding hydrogens is 324 g/mol. The molecule has 4 rings (SSSR count). The summed E-state index contributed by atoms with van der Waals surface area (Å²) in [4.78, 5) is 16.0. The Bertz CT molecular complexity index is 1110. The van der Waals surface area contributed by atoms with E-state index in [4.69, 9.17) is 0 Å². The number of sulfonamides is 1. The van der Waals surface area contributed by atoms with Crippen molar-refractivity contribution in [1.29, 1.82) is 0 Å². The third-order valence-corrected chi connectivity index (χ3v) is 6.09. The number of hydrogen-bond donors (Lipinski definition) is 1. The number of Topliss-reactive ketones (excluding diaryl/α,β-unsaturated/α-hetero) is 1. The summed E-state index contributed by atoms with van der Waals surface area (Å²) in [5.41, 5.74) is 2.05. The number of aromatic nitrogens is 1. The second kappa shape index (κ2) is 5.07. The van der Waals surface area contributed by atoms with Crippen molar-refractivity contribution < 1.29 is 13.2 Å². The number of allylic oxidation sites excluding steroid dienone is 1. The second-order valence-corrected chi connectivity index (χ2v) is 7.55. The molecule has 0 spiro atoms. The lowest BCUT2D eigenvalue weighted by Gasteiger charge is -2.27. The largest absolute Gasteiger partial charge is 0.361 e. The number of H-pyrrole nitrogens is 1. The normalized spacial score (nSPS) is 18.1. The van der Waals surface area contributed by atoms with Crippen LogP contribution < -0.4 is 0 Å². The monoisotopic (exact) mass is 338 g/mol. The van der Waals surface area contributed by atoms with Crippen LogP contribution in [0.25, 0.3) is 17.0 Å². The van der Waals surface area contributed by atoms with Gasteiger partial charge in [0.25, 0.3) is 10.0 Å². The Morgan fingerprint density at radius 2 is 1.75 bits per heavy atom. The van der Waals surface area contributed by atoms with Crippen LogP contribution in [0.4, 0.5) is 0 Å². The molecule has 1 aliphatic rings. The predicted octanol–water partition coefficient (Wildman–Crippen LogP) is 3.03. The van der Waals surface area contributed by atoms with Gasteiger partial charge in [0.1, 0.15) is 5.70 Å². The Balaban J connectivity index is 1.94. The summed E-state index contributed by atoms with van der Waals surface area (Å²) in [6, 6.07) is 14.0. The van der Waals surface area contributed by atoms with Gasteiger partial charge in [-0.1, -0.05) is 30.3 Å². The maximum absolute atomic E-state index is 12.8. The van der Waals surface area contributed by atoms with Crippen molar-refractivity contribution in [3.05, 3.63) is 71.6 Å². The molecule has 0 amide bonds. The number of carbonyl (C=O) groups excluding carboxylic acids is 1. The van der Waals surface area contributed by atoms with Gasteiger partial charge in [-0.05, 0) is 24.3 Å². The highest BCUT2D eigenvalue weighted by Crippen LogP contribution is 2.32. The summed E-state index contributed by atoms with van der Waals surface area (Å²) in [5, 5.41) is 0.933. The molecule has 2 aromatic carbocycles. The molecule has 0 fully saturated rings. The van der Waals surface area contributed by atoms with Crippen LogP contribution in [0.5, 0.6) is 0 Å². The molecule has 24 heavy (non-hydrogen) atoms. The number of ketones is 1. The quantitative estimate of drug-likeness (QED) is 0.693. The first-order valence-electron chi connectivity index (χ1n) is 7.40. The standard InChI is InChI=1S/C18H14N2O3S/c1-20-16(10-12-11-19-15-8-4-2-6-13(12)15)18(21)14-7-3-5-9-17(14)24(20,22)23/h2-11,19H,1H3.